The second-order valence-corrected chi connectivity index (χ2v) is 9.14. The van der Waals surface area contributed by atoms with Gasteiger partial charge in [0.05, 0.1) is 13.2 Å². The monoisotopic (exact) mass is 497 g/mol. The van der Waals surface area contributed by atoms with Gasteiger partial charge in [-0.3, -0.25) is 4.79 Å². The molecule has 0 saturated carbocycles. The number of aliphatic hydroxyl groups is 1. The molecule has 3 amide bonds. The van der Waals surface area contributed by atoms with Crippen molar-refractivity contribution in [3.8, 4) is 0 Å². The highest BCUT2D eigenvalue weighted by Crippen LogP contribution is 2.32. The summed E-state index contributed by atoms with van der Waals surface area (Å²) in [5.41, 5.74) is -0.688. The van der Waals surface area contributed by atoms with Crippen LogP contribution < -0.4 is 5.32 Å². The highest BCUT2D eigenvalue weighted by atomic mass is 19.3. The number of halogens is 2. The zero-order valence-electron chi connectivity index (χ0n) is 21.7. The molecule has 198 valence electrons. The second kappa shape index (κ2) is 12.6. The molecule has 0 aliphatic carbocycles. The lowest BCUT2D eigenvalue weighted by Crippen LogP contribution is -2.58. The van der Waals surface area contributed by atoms with Gasteiger partial charge in [0.25, 0.3) is 11.8 Å². The van der Waals surface area contributed by atoms with E-state index in [-0.39, 0.29) is 36.4 Å². The second-order valence-electron chi connectivity index (χ2n) is 9.14. The fraction of sp³-hybridized carbons (Fsp3) is 0.692. The Labute approximate surface area is 207 Å². The number of nitrogens with one attached hydrogen (secondary N) is 1. The van der Waals surface area contributed by atoms with Crippen molar-refractivity contribution in [3.63, 3.8) is 0 Å². The maximum atomic E-state index is 13.6. The Hall–Kier alpha value is -2.26. The molecule has 0 spiro atoms. The molecular formula is C26H41F2N3O4. The minimum absolute atomic E-state index is 0.0656. The molecule has 2 aliphatic heterocycles. The van der Waals surface area contributed by atoms with E-state index in [4.69, 9.17) is 4.74 Å². The Morgan fingerprint density at radius 1 is 1.06 bits per heavy atom. The molecule has 0 bridgehead atoms. The predicted molar refractivity (Wildman–Crippen MR) is 132 cm³/mol. The van der Waals surface area contributed by atoms with Crippen molar-refractivity contribution in [3.05, 3.63) is 35.4 Å². The summed E-state index contributed by atoms with van der Waals surface area (Å²) in [5.74, 6) is -3.51. The first-order valence-electron chi connectivity index (χ1n) is 12.7. The maximum absolute atomic E-state index is 13.6. The van der Waals surface area contributed by atoms with Gasteiger partial charge in [0.2, 0.25) is 0 Å². The Morgan fingerprint density at radius 3 is 2.14 bits per heavy atom. The third-order valence-corrected chi connectivity index (χ3v) is 6.82. The fourth-order valence-electron chi connectivity index (χ4n) is 4.49. The minimum Gasteiger partial charge on any atom is -0.380 e. The first-order chi connectivity index (χ1) is 16.6. The number of piperidine rings is 1. The van der Waals surface area contributed by atoms with E-state index in [9.17, 15) is 23.5 Å². The van der Waals surface area contributed by atoms with E-state index in [2.05, 4.69) is 5.32 Å². The lowest BCUT2D eigenvalue weighted by Gasteiger charge is -2.42. The highest BCUT2D eigenvalue weighted by molar-refractivity contribution is 5.85. The van der Waals surface area contributed by atoms with Crippen LogP contribution in [0.4, 0.5) is 13.6 Å². The number of hydrogen-bond acceptors (Lipinski definition) is 4. The smallest absolute Gasteiger partial charge is 0.320 e. The van der Waals surface area contributed by atoms with Crippen LogP contribution in [0.2, 0.25) is 0 Å². The van der Waals surface area contributed by atoms with Crippen molar-refractivity contribution in [2.75, 3.05) is 39.4 Å². The molecule has 1 aromatic rings. The van der Waals surface area contributed by atoms with Crippen LogP contribution in [0.25, 0.3) is 0 Å². The SMILES string of the molecule is CC.CCC(O)(CC)C(=O)NC1CC(c2ccc(C(C)(F)F)cc2)CN(C(=O)N2CCOCC2)C1. The third-order valence-electron chi connectivity index (χ3n) is 6.82. The van der Waals surface area contributed by atoms with Gasteiger partial charge in [0.1, 0.15) is 5.60 Å². The molecule has 0 radical (unpaired) electrons. The van der Waals surface area contributed by atoms with E-state index in [1.54, 1.807) is 35.8 Å². The highest BCUT2D eigenvalue weighted by Gasteiger charge is 2.38. The Balaban J connectivity index is 0.00000210. The molecule has 2 fully saturated rings. The van der Waals surface area contributed by atoms with Gasteiger partial charge < -0.3 is 25.0 Å². The van der Waals surface area contributed by atoms with Gasteiger partial charge in [-0.1, -0.05) is 52.0 Å². The molecule has 2 aliphatic rings. The molecule has 0 aromatic heterocycles. The number of amides is 3. The number of likely N-dealkylation sites (tertiary alicyclic amines) is 1. The Kier molecular flexibility index (Phi) is 10.5. The molecular weight excluding hydrogens is 456 g/mol. The fourth-order valence-corrected chi connectivity index (χ4v) is 4.49. The zero-order valence-corrected chi connectivity index (χ0v) is 21.7. The largest absolute Gasteiger partial charge is 0.380 e. The van der Waals surface area contributed by atoms with Crippen molar-refractivity contribution in [2.45, 2.75) is 77.4 Å². The van der Waals surface area contributed by atoms with Gasteiger partial charge in [-0.2, -0.15) is 0 Å². The number of rotatable bonds is 6. The standard InChI is InChI=1S/C24H35F2N3O4.C2H6/c1-4-24(32,5-2)21(30)27-20-14-18(17-6-8-19(9-7-17)23(3,25)26)15-29(16-20)22(31)28-10-12-33-13-11-28;1-2/h6-9,18,20,32H,4-5,10-16H2,1-3H3,(H,27,30);1-2H3. The van der Waals surface area contributed by atoms with Gasteiger partial charge in [-0.05, 0) is 24.8 Å². The third kappa shape index (κ3) is 7.36. The molecule has 2 N–H and O–H groups in total. The van der Waals surface area contributed by atoms with Crippen LogP contribution >= 0.6 is 0 Å². The van der Waals surface area contributed by atoms with Crippen LogP contribution in [-0.2, 0) is 15.5 Å². The van der Waals surface area contributed by atoms with E-state index >= 15 is 0 Å². The average molecular weight is 498 g/mol. The maximum Gasteiger partial charge on any atom is 0.320 e. The van der Waals surface area contributed by atoms with Crippen molar-refractivity contribution in [2.24, 2.45) is 0 Å². The summed E-state index contributed by atoms with van der Waals surface area (Å²) in [6.45, 7) is 11.1. The topological polar surface area (TPSA) is 82.1 Å². The normalized spacial score (nSPS) is 21.1. The molecule has 2 unspecified atom stereocenters. The number of carbonyl (C=O) groups excluding carboxylic acids is 2. The van der Waals surface area contributed by atoms with Crippen molar-refractivity contribution in [1.29, 1.82) is 0 Å². The summed E-state index contributed by atoms with van der Waals surface area (Å²) in [7, 11) is 0. The number of carbonyl (C=O) groups is 2. The zero-order chi connectivity index (χ0) is 26.2. The summed E-state index contributed by atoms with van der Waals surface area (Å²) >= 11 is 0. The first kappa shape index (κ1) is 29.0. The van der Waals surface area contributed by atoms with Crippen molar-refractivity contribution >= 4 is 11.9 Å². The van der Waals surface area contributed by atoms with E-state index < -0.39 is 17.4 Å². The molecule has 7 nitrogen and oxygen atoms in total. The quantitative estimate of drug-likeness (QED) is 0.620. The number of urea groups is 1. The van der Waals surface area contributed by atoms with Crippen LogP contribution in [0.15, 0.2) is 24.3 Å². The number of benzene rings is 1. The first-order valence-corrected chi connectivity index (χ1v) is 12.7. The van der Waals surface area contributed by atoms with Crippen LogP contribution in [-0.4, -0.2) is 77.9 Å². The minimum atomic E-state index is -2.93. The molecule has 35 heavy (non-hydrogen) atoms. The molecule has 3 rings (SSSR count). The number of morpholine rings is 1. The average Bonchev–Trinajstić information content (AvgIpc) is 2.88. The molecule has 2 saturated heterocycles. The summed E-state index contributed by atoms with van der Waals surface area (Å²) in [4.78, 5) is 29.4. The van der Waals surface area contributed by atoms with Gasteiger partial charge in [-0.15, -0.1) is 0 Å². The number of nitrogens with zero attached hydrogens (tertiary/aromatic N) is 2. The van der Waals surface area contributed by atoms with Gasteiger partial charge in [0.15, 0.2) is 0 Å². The van der Waals surface area contributed by atoms with E-state index in [0.29, 0.717) is 45.8 Å². The molecule has 9 heteroatoms. The van der Waals surface area contributed by atoms with Gasteiger partial charge >= 0.3 is 6.03 Å². The molecule has 2 heterocycles. The number of hydrogen-bond donors (Lipinski definition) is 2. The van der Waals surface area contributed by atoms with Gasteiger partial charge in [-0.25, -0.2) is 13.6 Å². The number of ether oxygens (including phenoxy) is 1. The summed E-state index contributed by atoms with van der Waals surface area (Å²) in [6.07, 6.45) is 1.12. The van der Waals surface area contributed by atoms with Crippen LogP contribution in [0.5, 0.6) is 0 Å². The van der Waals surface area contributed by atoms with Crippen LogP contribution in [0.3, 0.4) is 0 Å². The van der Waals surface area contributed by atoms with Gasteiger partial charge in [0, 0.05) is 50.6 Å². The van der Waals surface area contributed by atoms with E-state index in [1.165, 1.54) is 12.1 Å². The lowest BCUT2D eigenvalue weighted by atomic mass is 9.86. The van der Waals surface area contributed by atoms with Crippen molar-refractivity contribution < 1.29 is 28.2 Å². The van der Waals surface area contributed by atoms with Crippen LogP contribution in [0, 0.1) is 0 Å². The van der Waals surface area contributed by atoms with E-state index in [0.717, 1.165) is 12.5 Å². The van der Waals surface area contributed by atoms with Crippen LogP contribution in [0.1, 0.15) is 70.9 Å². The number of alkyl halides is 2. The molecule has 2 atom stereocenters. The predicted octanol–water partition coefficient (Wildman–Crippen LogP) is 4.10. The Bertz CT molecular complexity index is 819. The van der Waals surface area contributed by atoms with E-state index in [1.807, 2.05) is 13.8 Å². The molecule has 1 aromatic carbocycles. The summed E-state index contributed by atoms with van der Waals surface area (Å²) < 4.78 is 32.6. The summed E-state index contributed by atoms with van der Waals surface area (Å²) in [5, 5.41) is 13.5. The summed E-state index contributed by atoms with van der Waals surface area (Å²) in [6, 6.07) is 5.69. The Morgan fingerprint density at radius 2 is 1.63 bits per heavy atom. The van der Waals surface area contributed by atoms with Crippen molar-refractivity contribution in [1.82, 2.24) is 15.1 Å². The lowest BCUT2D eigenvalue weighted by molar-refractivity contribution is -0.141.